The van der Waals surface area contributed by atoms with E-state index >= 15 is 0 Å². The lowest BCUT2D eigenvalue weighted by Gasteiger charge is -2.21. The van der Waals surface area contributed by atoms with Crippen molar-refractivity contribution in [2.75, 3.05) is 19.8 Å². The molecule has 2 rings (SSSR count). The zero-order valence-corrected chi connectivity index (χ0v) is 8.49. The van der Waals surface area contributed by atoms with Gasteiger partial charge in [0, 0.05) is 19.4 Å². The number of aromatic nitrogens is 1. The molecule has 0 amide bonds. The van der Waals surface area contributed by atoms with E-state index in [1.165, 1.54) is 12.3 Å². The highest BCUT2D eigenvalue weighted by Crippen LogP contribution is 2.17. The minimum atomic E-state index is -0.399. The zero-order valence-electron chi connectivity index (χ0n) is 8.49. The molecule has 1 aliphatic rings. The normalized spacial score (nSPS) is 17.7. The molecule has 1 aliphatic heterocycles. The number of halogens is 1. The minimum absolute atomic E-state index is 0.101. The van der Waals surface area contributed by atoms with E-state index in [9.17, 15) is 4.39 Å². The number of rotatable bonds is 3. The smallest absolute Gasteiger partial charge is 0.250 e. The van der Waals surface area contributed by atoms with Crippen LogP contribution >= 0.6 is 0 Å². The number of nitrogens with zero attached hydrogens (tertiary/aromatic N) is 1. The summed E-state index contributed by atoms with van der Waals surface area (Å²) in [4.78, 5) is 3.83. The Hall–Kier alpha value is -1.16. The number of pyridine rings is 1. The van der Waals surface area contributed by atoms with Crippen LogP contribution in [0.3, 0.4) is 0 Å². The van der Waals surface area contributed by atoms with Gasteiger partial charge in [-0.05, 0) is 30.9 Å². The fourth-order valence-electron chi connectivity index (χ4n) is 1.59. The summed E-state index contributed by atoms with van der Waals surface area (Å²) in [5, 5.41) is 0. The zero-order chi connectivity index (χ0) is 10.5. The van der Waals surface area contributed by atoms with Crippen molar-refractivity contribution in [1.29, 1.82) is 0 Å². The first-order chi connectivity index (χ1) is 7.36. The molecule has 0 saturated carbocycles. The SMILES string of the molecule is Fc1cccnc1OCC1CCOCC1. The van der Waals surface area contributed by atoms with Crippen LogP contribution in [-0.2, 0) is 4.74 Å². The standard InChI is InChI=1S/C11H14FNO2/c12-10-2-1-5-13-11(10)15-8-9-3-6-14-7-4-9/h1-2,5,9H,3-4,6-8H2. The second kappa shape index (κ2) is 5.07. The van der Waals surface area contributed by atoms with Crippen LogP contribution in [-0.4, -0.2) is 24.8 Å². The second-order valence-electron chi connectivity index (χ2n) is 3.66. The summed E-state index contributed by atoms with van der Waals surface area (Å²) >= 11 is 0. The summed E-state index contributed by atoms with van der Waals surface area (Å²) < 4.78 is 23.7. The third-order valence-corrected chi connectivity index (χ3v) is 2.52. The van der Waals surface area contributed by atoms with Crippen LogP contribution in [0.5, 0.6) is 5.88 Å². The molecule has 1 saturated heterocycles. The number of ether oxygens (including phenoxy) is 2. The van der Waals surface area contributed by atoms with E-state index in [0.717, 1.165) is 26.1 Å². The molecule has 0 radical (unpaired) electrons. The molecule has 0 atom stereocenters. The van der Waals surface area contributed by atoms with Crippen molar-refractivity contribution < 1.29 is 13.9 Å². The minimum Gasteiger partial charge on any atom is -0.475 e. The van der Waals surface area contributed by atoms with Gasteiger partial charge in [0.2, 0.25) is 5.88 Å². The lowest BCUT2D eigenvalue weighted by Crippen LogP contribution is -2.21. The van der Waals surface area contributed by atoms with Gasteiger partial charge >= 0.3 is 0 Å². The number of hydrogen-bond acceptors (Lipinski definition) is 3. The van der Waals surface area contributed by atoms with Crippen molar-refractivity contribution in [2.45, 2.75) is 12.8 Å². The Balaban J connectivity index is 1.84. The average Bonchev–Trinajstić information content (AvgIpc) is 2.29. The molecule has 0 N–H and O–H groups in total. The van der Waals surface area contributed by atoms with Gasteiger partial charge in [-0.15, -0.1) is 0 Å². The van der Waals surface area contributed by atoms with E-state index in [1.54, 1.807) is 6.07 Å². The molecule has 0 aliphatic carbocycles. The van der Waals surface area contributed by atoms with Gasteiger partial charge < -0.3 is 9.47 Å². The molecule has 0 spiro atoms. The van der Waals surface area contributed by atoms with Crippen molar-refractivity contribution in [1.82, 2.24) is 4.98 Å². The highest BCUT2D eigenvalue weighted by molar-refractivity contribution is 5.12. The predicted molar refractivity (Wildman–Crippen MR) is 53.2 cm³/mol. The third kappa shape index (κ3) is 2.89. The van der Waals surface area contributed by atoms with Crippen LogP contribution < -0.4 is 4.74 Å². The van der Waals surface area contributed by atoms with E-state index in [4.69, 9.17) is 9.47 Å². The van der Waals surface area contributed by atoms with Crippen LogP contribution in [0.4, 0.5) is 4.39 Å². The Kier molecular flexibility index (Phi) is 3.50. The van der Waals surface area contributed by atoms with E-state index in [1.807, 2.05) is 0 Å². The Morgan fingerprint density at radius 2 is 2.27 bits per heavy atom. The van der Waals surface area contributed by atoms with Gasteiger partial charge in [0.05, 0.1) is 6.61 Å². The van der Waals surface area contributed by atoms with Gasteiger partial charge in [0.15, 0.2) is 5.82 Å². The topological polar surface area (TPSA) is 31.4 Å². The second-order valence-corrected chi connectivity index (χ2v) is 3.66. The molecule has 2 heterocycles. The first kappa shape index (κ1) is 10.4. The first-order valence-electron chi connectivity index (χ1n) is 5.17. The van der Waals surface area contributed by atoms with Crippen molar-refractivity contribution in [3.8, 4) is 5.88 Å². The van der Waals surface area contributed by atoms with Crippen LogP contribution in [0.1, 0.15) is 12.8 Å². The molecular formula is C11H14FNO2. The van der Waals surface area contributed by atoms with E-state index in [0.29, 0.717) is 12.5 Å². The third-order valence-electron chi connectivity index (χ3n) is 2.52. The largest absolute Gasteiger partial charge is 0.475 e. The van der Waals surface area contributed by atoms with Crippen LogP contribution in [0, 0.1) is 11.7 Å². The van der Waals surface area contributed by atoms with Crippen molar-refractivity contribution >= 4 is 0 Å². The van der Waals surface area contributed by atoms with Crippen molar-refractivity contribution in [3.05, 3.63) is 24.1 Å². The lowest BCUT2D eigenvalue weighted by atomic mass is 10.0. The monoisotopic (exact) mass is 211 g/mol. The van der Waals surface area contributed by atoms with Crippen molar-refractivity contribution in [2.24, 2.45) is 5.92 Å². The quantitative estimate of drug-likeness (QED) is 0.766. The Bertz CT molecular complexity index is 313. The maximum atomic E-state index is 13.1. The molecule has 1 aromatic heterocycles. The van der Waals surface area contributed by atoms with Gasteiger partial charge in [-0.1, -0.05) is 0 Å². The molecule has 82 valence electrons. The van der Waals surface area contributed by atoms with Crippen molar-refractivity contribution in [3.63, 3.8) is 0 Å². The summed E-state index contributed by atoms with van der Waals surface area (Å²) in [7, 11) is 0. The molecule has 4 heteroatoms. The summed E-state index contributed by atoms with van der Waals surface area (Å²) in [6.45, 7) is 2.08. The molecule has 1 fully saturated rings. The van der Waals surface area contributed by atoms with Crippen LogP contribution in [0.15, 0.2) is 18.3 Å². The summed E-state index contributed by atoms with van der Waals surface area (Å²) in [5.74, 6) is 0.161. The molecular weight excluding hydrogens is 197 g/mol. The Labute approximate surface area is 88.2 Å². The molecule has 0 aromatic carbocycles. The highest BCUT2D eigenvalue weighted by Gasteiger charge is 2.15. The van der Waals surface area contributed by atoms with Crippen LogP contribution in [0.2, 0.25) is 0 Å². The Morgan fingerprint density at radius 3 is 3.00 bits per heavy atom. The number of hydrogen-bond donors (Lipinski definition) is 0. The molecule has 3 nitrogen and oxygen atoms in total. The fraction of sp³-hybridized carbons (Fsp3) is 0.545. The first-order valence-corrected chi connectivity index (χ1v) is 5.17. The summed E-state index contributed by atoms with van der Waals surface area (Å²) in [6.07, 6.45) is 3.49. The molecule has 15 heavy (non-hydrogen) atoms. The van der Waals surface area contributed by atoms with E-state index < -0.39 is 5.82 Å². The maximum absolute atomic E-state index is 13.1. The molecule has 0 unspecified atom stereocenters. The predicted octanol–water partition coefficient (Wildman–Crippen LogP) is 2.03. The lowest BCUT2D eigenvalue weighted by molar-refractivity contribution is 0.0483. The molecule has 0 bridgehead atoms. The Morgan fingerprint density at radius 1 is 1.47 bits per heavy atom. The van der Waals surface area contributed by atoms with Gasteiger partial charge in [0.1, 0.15) is 0 Å². The fourth-order valence-corrected chi connectivity index (χ4v) is 1.59. The van der Waals surface area contributed by atoms with Gasteiger partial charge in [0.25, 0.3) is 0 Å². The van der Waals surface area contributed by atoms with Gasteiger partial charge in [-0.25, -0.2) is 9.37 Å². The summed E-state index contributed by atoms with van der Waals surface area (Å²) in [6, 6.07) is 2.91. The maximum Gasteiger partial charge on any atom is 0.250 e. The van der Waals surface area contributed by atoms with E-state index in [-0.39, 0.29) is 5.88 Å². The summed E-state index contributed by atoms with van der Waals surface area (Å²) in [5.41, 5.74) is 0. The van der Waals surface area contributed by atoms with E-state index in [2.05, 4.69) is 4.98 Å². The highest BCUT2D eigenvalue weighted by atomic mass is 19.1. The van der Waals surface area contributed by atoms with Crippen LogP contribution in [0.25, 0.3) is 0 Å². The van der Waals surface area contributed by atoms with Gasteiger partial charge in [-0.2, -0.15) is 0 Å². The average molecular weight is 211 g/mol. The van der Waals surface area contributed by atoms with Gasteiger partial charge in [-0.3, -0.25) is 0 Å². The molecule has 1 aromatic rings.